The first-order chi connectivity index (χ1) is 12.3. The van der Waals surface area contributed by atoms with Gasteiger partial charge >= 0.3 is 35.8 Å². The second-order valence-electron chi connectivity index (χ2n) is 4.16. The van der Waals surface area contributed by atoms with E-state index in [0.717, 1.165) is 12.2 Å². The molecule has 0 aromatic heterocycles. The Morgan fingerprint density at radius 2 is 0.962 bits per heavy atom. The molecule has 0 unspecified atom stereocenters. The Balaban J connectivity index is 4.08. The minimum Gasteiger partial charge on any atom is -0.462 e. The van der Waals surface area contributed by atoms with Crippen LogP contribution in [-0.4, -0.2) is 49.0 Å². The van der Waals surface area contributed by atoms with Gasteiger partial charge in [0.15, 0.2) is 0 Å². The van der Waals surface area contributed by atoms with E-state index in [2.05, 4.69) is 32.1 Å². The Kier molecular flexibility index (Phi) is 11.1. The molecule has 0 heterocycles. The molecule has 0 N–H and O–H groups in total. The van der Waals surface area contributed by atoms with Crippen molar-refractivity contribution in [1.82, 2.24) is 0 Å². The van der Waals surface area contributed by atoms with Gasteiger partial charge in [-0.2, -0.15) is 0 Å². The highest BCUT2D eigenvalue weighted by Crippen LogP contribution is 1.94. The van der Waals surface area contributed by atoms with E-state index in [0.29, 0.717) is 12.2 Å². The van der Waals surface area contributed by atoms with Gasteiger partial charge in [-0.1, -0.05) is 13.2 Å². The fourth-order valence-corrected chi connectivity index (χ4v) is 1.12. The van der Waals surface area contributed by atoms with Crippen LogP contribution in [0.2, 0.25) is 0 Å². The van der Waals surface area contributed by atoms with Gasteiger partial charge < -0.3 is 18.9 Å². The van der Waals surface area contributed by atoms with E-state index >= 15 is 0 Å². The molecule has 0 aromatic carbocycles. The maximum Gasteiger partial charge on any atom is 0.338 e. The van der Waals surface area contributed by atoms with Crippen molar-refractivity contribution >= 4 is 35.8 Å². The first-order valence-corrected chi connectivity index (χ1v) is 7.04. The van der Waals surface area contributed by atoms with Gasteiger partial charge in [-0.25, -0.2) is 19.2 Å². The average Bonchev–Trinajstić information content (AvgIpc) is 2.59. The van der Waals surface area contributed by atoms with Gasteiger partial charge in [0.2, 0.25) is 0 Å². The monoisotopic (exact) mass is 368 g/mol. The third-order valence-corrected chi connectivity index (χ3v) is 2.22. The predicted molar refractivity (Wildman–Crippen MR) is 82.9 cm³/mol. The molecule has 0 spiro atoms. The zero-order valence-corrected chi connectivity index (χ0v) is 13.6. The SMILES string of the molecule is C=CC(=O)OCCC(=O)OC(=O)C=CC(=O)OC(=O)CCOC(=O)C=C. The highest BCUT2D eigenvalue weighted by atomic mass is 16.6. The lowest BCUT2D eigenvalue weighted by atomic mass is 10.4. The molecule has 0 aromatic rings. The molecule has 0 aliphatic carbocycles. The Morgan fingerprint density at radius 1 is 0.615 bits per heavy atom. The topological polar surface area (TPSA) is 139 Å². The maximum absolute atomic E-state index is 11.3. The smallest absolute Gasteiger partial charge is 0.338 e. The average molecular weight is 368 g/mol. The second-order valence-corrected chi connectivity index (χ2v) is 4.16. The molecule has 0 amide bonds. The largest absolute Gasteiger partial charge is 0.462 e. The van der Waals surface area contributed by atoms with Gasteiger partial charge in [-0.3, -0.25) is 9.59 Å². The minimum absolute atomic E-state index is 0.312. The Bertz CT molecular complexity index is 575. The molecule has 0 aliphatic heterocycles. The lowest BCUT2D eigenvalue weighted by Crippen LogP contribution is -2.15. The van der Waals surface area contributed by atoms with Crippen LogP contribution in [0.4, 0.5) is 0 Å². The highest BCUT2D eigenvalue weighted by Gasteiger charge is 2.12. The molecule has 26 heavy (non-hydrogen) atoms. The summed E-state index contributed by atoms with van der Waals surface area (Å²) in [5.41, 5.74) is 0. The summed E-state index contributed by atoms with van der Waals surface area (Å²) < 4.78 is 17.6. The molecule has 0 atom stereocenters. The van der Waals surface area contributed by atoms with Gasteiger partial charge in [0.05, 0.1) is 12.8 Å². The van der Waals surface area contributed by atoms with Crippen molar-refractivity contribution in [2.24, 2.45) is 0 Å². The molecule has 0 rings (SSSR count). The van der Waals surface area contributed by atoms with Crippen molar-refractivity contribution in [2.45, 2.75) is 12.8 Å². The Hall–Kier alpha value is -3.56. The van der Waals surface area contributed by atoms with E-state index < -0.39 is 35.8 Å². The molecule has 0 aliphatic rings. The molecule has 0 saturated heterocycles. The first kappa shape index (κ1) is 22.4. The summed E-state index contributed by atoms with van der Waals surface area (Å²) in [6.07, 6.45) is 2.17. The predicted octanol–water partition coefficient (Wildman–Crippen LogP) is -0.0792. The quantitative estimate of drug-likeness (QED) is 0.222. The Morgan fingerprint density at radius 3 is 1.27 bits per heavy atom. The van der Waals surface area contributed by atoms with Gasteiger partial charge in [0, 0.05) is 24.3 Å². The molecule has 0 saturated carbocycles. The lowest BCUT2D eigenvalue weighted by molar-refractivity contribution is -0.160. The van der Waals surface area contributed by atoms with Gasteiger partial charge in [0.25, 0.3) is 0 Å². The number of esters is 6. The standard InChI is InChI=1S/C16H16O10/c1-3-11(17)23-9-7-15(21)25-13(19)5-6-14(20)26-16(22)8-10-24-12(18)4-2/h3-6H,1-2,7-10H2. The van der Waals surface area contributed by atoms with Crippen LogP contribution in [0.25, 0.3) is 0 Å². The first-order valence-electron chi connectivity index (χ1n) is 7.04. The molecule has 0 bridgehead atoms. The summed E-state index contributed by atoms with van der Waals surface area (Å²) in [7, 11) is 0. The van der Waals surface area contributed by atoms with Crippen molar-refractivity contribution in [1.29, 1.82) is 0 Å². The number of hydrogen-bond acceptors (Lipinski definition) is 10. The van der Waals surface area contributed by atoms with E-state index in [-0.39, 0.29) is 26.1 Å². The van der Waals surface area contributed by atoms with Crippen molar-refractivity contribution in [3.63, 3.8) is 0 Å². The molecule has 10 heteroatoms. The van der Waals surface area contributed by atoms with Crippen LogP contribution in [0.3, 0.4) is 0 Å². The fourth-order valence-electron chi connectivity index (χ4n) is 1.12. The number of carbonyl (C=O) groups is 6. The van der Waals surface area contributed by atoms with Crippen molar-refractivity contribution in [3.8, 4) is 0 Å². The third kappa shape index (κ3) is 11.9. The van der Waals surface area contributed by atoms with Crippen molar-refractivity contribution in [2.75, 3.05) is 13.2 Å². The number of carbonyl (C=O) groups excluding carboxylic acids is 6. The zero-order chi connectivity index (χ0) is 19.9. The summed E-state index contributed by atoms with van der Waals surface area (Å²) in [5, 5.41) is 0. The van der Waals surface area contributed by atoms with Crippen LogP contribution in [0.5, 0.6) is 0 Å². The van der Waals surface area contributed by atoms with Crippen LogP contribution >= 0.6 is 0 Å². The zero-order valence-electron chi connectivity index (χ0n) is 13.6. The minimum atomic E-state index is -1.19. The van der Waals surface area contributed by atoms with Crippen LogP contribution in [0, 0.1) is 0 Å². The van der Waals surface area contributed by atoms with Crippen LogP contribution in [-0.2, 0) is 47.7 Å². The highest BCUT2D eigenvalue weighted by molar-refractivity contribution is 5.99. The molecule has 0 radical (unpaired) electrons. The van der Waals surface area contributed by atoms with Gasteiger partial charge in [-0.05, 0) is 0 Å². The van der Waals surface area contributed by atoms with Crippen LogP contribution in [0.15, 0.2) is 37.5 Å². The second kappa shape index (κ2) is 12.8. The summed E-state index contributed by atoms with van der Waals surface area (Å²) in [4.78, 5) is 66.4. The molecule has 10 nitrogen and oxygen atoms in total. The molecular formula is C16H16O10. The Labute approximate surface area is 148 Å². The molecular weight excluding hydrogens is 352 g/mol. The van der Waals surface area contributed by atoms with E-state index in [1.807, 2.05) is 0 Å². The van der Waals surface area contributed by atoms with Gasteiger partial charge in [-0.15, -0.1) is 0 Å². The van der Waals surface area contributed by atoms with Crippen molar-refractivity contribution < 1.29 is 47.7 Å². The number of rotatable bonds is 10. The lowest BCUT2D eigenvalue weighted by Gasteiger charge is -2.02. The molecule has 140 valence electrons. The van der Waals surface area contributed by atoms with Gasteiger partial charge in [0.1, 0.15) is 13.2 Å². The number of ether oxygens (including phenoxy) is 4. The fraction of sp³-hybridized carbons (Fsp3) is 0.250. The van der Waals surface area contributed by atoms with Crippen LogP contribution < -0.4 is 0 Å². The summed E-state index contributed by atoms with van der Waals surface area (Å²) in [6.45, 7) is 5.67. The van der Waals surface area contributed by atoms with E-state index in [9.17, 15) is 28.8 Å². The van der Waals surface area contributed by atoms with E-state index in [4.69, 9.17) is 0 Å². The third-order valence-electron chi connectivity index (χ3n) is 2.22. The summed E-state index contributed by atoms with van der Waals surface area (Å²) in [6, 6.07) is 0. The summed E-state index contributed by atoms with van der Waals surface area (Å²) in [5.74, 6) is -5.84. The molecule has 0 fully saturated rings. The van der Waals surface area contributed by atoms with E-state index in [1.54, 1.807) is 0 Å². The van der Waals surface area contributed by atoms with Crippen LogP contribution in [0.1, 0.15) is 12.8 Å². The van der Waals surface area contributed by atoms with E-state index in [1.165, 1.54) is 0 Å². The maximum atomic E-state index is 11.3. The normalized spacial score (nSPS) is 9.69. The summed E-state index contributed by atoms with van der Waals surface area (Å²) >= 11 is 0. The number of hydrogen-bond donors (Lipinski definition) is 0. The van der Waals surface area contributed by atoms with Crippen molar-refractivity contribution in [3.05, 3.63) is 37.5 Å².